The third-order valence-electron chi connectivity index (χ3n) is 3.95. The zero-order valence-corrected chi connectivity index (χ0v) is 17.1. The molecule has 7 nitrogen and oxygen atoms in total. The molecule has 0 fully saturated rings. The predicted octanol–water partition coefficient (Wildman–Crippen LogP) is 3.98. The Morgan fingerprint density at radius 3 is 2.75 bits per heavy atom. The van der Waals surface area contributed by atoms with Gasteiger partial charge in [-0.05, 0) is 30.7 Å². The number of rotatable bonds is 8. The highest BCUT2D eigenvalue weighted by molar-refractivity contribution is 9.10. The largest absolute Gasteiger partial charge is 0.497 e. The predicted molar refractivity (Wildman–Crippen MR) is 107 cm³/mol. The van der Waals surface area contributed by atoms with Crippen LogP contribution in [-0.4, -0.2) is 29.3 Å². The summed E-state index contributed by atoms with van der Waals surface area (Å²) in [6.07, 6.45) is -0.129. The Labute approximate surface area is 171 Å². The SMILES string of the molecule is CC[C@H](Oc1cccc(OC)c1)C(=O)NCc1nc(-c2cccc(Br)c2)no1. The third kappa shape index (κ3) is 5.10. The smallest absolute Gasteiger partial charge is 0.261 e. The summed E-state index contributed by atoms with van der Waals surface area (Å²) in [5, 5.41) is 6.73. The first-order chi connectivity index (χ1) is 13.6. The van der Waals surface area contributed by atoms with Crippen LogP contribution < -0.4 is 14.8 Å². The fraction of sp³-hybridized carbons (Fsp3) is 0.250. The first-order valence-corrected chi connectivity index (χ1v) is 9.55. The molecule has 0 aliphatic rings. The second kappa shape index (κ2) is 9.36. The molecule has 0 aliphatic carbocycles. The van der Waals surface area contributed by atoms with Gasteiger partial charge in [0.15, 0.2) is 6.10 Å². The van der Waals surface area contributed by atoms with Crippen molar-refractivity contribution in [3.05, 3.63) is 58.9 Å². The van der Waals surface area contributed by atoms with Crippen molar-refractivity contribution in [2.24, 2.45) is 0 Å². The first kappa shape index (κ1) is 19.9. The van der Waals surface area contributed by atoms with Gasteiger partial charge in [-0.3, -0.25) is 4.79 Å². The molecule has 0 aliphatic heterocycles. The van der Waals surface area contributed by atoms with E-state index in [0.29, 0.717) is 29.6 Å². The highest BCUT2D eigenvalue weighted by Crippen LogP contribution is 2.21. The van der Waals surface area contributed by atoms with Crippen molar-refractivity contribution in [2.75, 3.05) is 7.11 Å². The van der Waals surface area contributed by atoms with Crippen LogP contribution in [0.3, 0.4) is 0 Å². The van der Waals surface area contributed by atoms with Gasteiger partial charge in [-0.2, -0.15) is 4.98 Å². The van der Waals surface area contributed by atoms with E-state index in [2.05, 4.69) is 31.4 Å². The zero-order chi connectivity index (χ0) is 19.9. The lowest BCUT2D eigenvalue weighted by molar-refractivity contribution is -0.128. The van der Waals surface area contributed by atoms with E-state index in [1.54, 1.807) is 25.3 Å². The number of halogens is 1. The van der Waals surface area contributed by atoms with E-state index in [1.807, 2.05) is 37.3 Å². The maximum absolute atomic E-state index is 12.5. The minimum Gasteiger partial charge on any atom is -0.497 e. The lowest BCUT2D eigenvalue weighted by atomic mass is 10.2. The zero-order valence-electron chi connectivity index (χ0n) is 15.5. The summed E-state index contributed by atoms with van der Waals surface area (Å²) in [6, 6.07) is 14.7. The topological polar surface area (TPSA) is 86.5 Å². The quantitative estimate of drug-likeness (QED) is 0.564. The van der Waals surface area contributed by atoms with Gasteiger partial charge in [0, 0.05) is 16.1 Å². The summed E-state index contributed by atoms with van der Waals surface area (Å²) in [6.45, 7) is 2.00. The van der Waals surface area contributed by atoms with Gasteiger partial charge in [0.05, 0.1) is 13.7 Å². The van der Waals surface area contributed by atoms with Gasteiger partial charge in [0.2, 0.25) is 11.7 Å². The molecule has 28 heavy (non-hydrogen) atoms. The highest BCUT2D eigenvalue weighted by Gasteiger charge is 2.19. The molecule has 1 amide bonds. The average molecular weight is 446 g/mol. The Bertz CT molecular complexity index is 944. The number of benzene rings is 2. The van der Waals surface area contributed by atoms with Crippen molar-refractivity contribution in [1.29, 1.82) is 0 Å². The number of amides is 1. The molecule has 0 saturated carbocycles. The van der Waals surface area contributed by atoms with E-state index in [-0.39, 0.29) is 12.5 Å². The molecule has 0 bridgehead atoms. The molecule has 8 heteroatoms. The van der Waals surface area contributed by atoms with E-state index >= 15 is 0 Å². The van der Waals surface area contributed by atoms with Crippen molar-refractivity contribution >= 4 is 21.8 Å². The minimum absolute atomic E-state index is 0.123. The molecule has 1 heterocycles. The minimum atomic E-state index is -0.639. The van der Waals surface area contributed by atoms with Gasteiger partial charge < -0.3 is 19.3 Å². The molecule has 1 aromatic heterocycles. The fourth-order valence-electron chi connectivity index (χ4n) is 2.51. The fourth-order valence-corrected chi connectivity index (χ4v) is 2.91. The molecule has 0 spiro atoms. The maximum atomic E-state index is 12.5. The van der Waals surface area contributed by atoms with Crippen molar-refractivity contribution in [2.45, 2.75) is 26.0 Å². The Hall–Kier alpha value is -2.87. The molecule has 1 atom stereocenters. The summed E-state index contributed by atoms with van der Waals surface area (Å²) in [5.41, 5.74) is 0.823. The Morgan fingerprint density at radius 2 is 2.00 bits per heavy atom. The number of hydrogen-bond acceptors (Lipinski definition) is 6. The van der Waals surface area contributed by atoms with Crippen LogP contribution in [0.25, 0.3) is 11.4 Å². The van der Waals surface area contributed by atoms with E-state index in [9.17, 15) is 4.79 Å². The van der Waals surface area contributed by atoms with Gasteiger partial charge in [-0.15, -0.1) is 0 Å². The Kier molecular flexibility index (Phi) is 6.65. The first-order valence-electron chi connectivity index (χ1n) is 8.76. The molecule has 0 radical (unpaired) electrons. The van der Waals surface area contributed by atoms with Crippen LogP contribution in [0, 0.1) is 0 Å². The summed E-state index contributed by atoms with van der Waals surface area (Å²) in [4.78, 5) is 16.8. The van der Waals surface area contributed by atoms with Gasteiger partial charge in [-0.1, -0.05) is 46.2 Å². The number of ether oxygens (including phenoxy) is 2. The van der Waals surface area contributed by atoms with Crippen molar-refractivity contribution in [3.8, 4) is 22.9 Å². The molecule has 3 rings (SSSR count). The van der Waals surface area contributed by atoms with Gasteiger partial charge in [-0.25, -0.2) is 0 Å². The molecular formula is C20H20BrN3O4. The maximum Gasteiger partial charge on any atom is 0.261 e. The van der Waals surface area contributed by atoms with E-state index < -0.39 is 6.10 Å². The molecule has 2 aromatic carbocycles. The van der Waals surface area contributed by atoms with Crippen LogP contribution in [0.4, 0.5) is 0 Å². The monoisotopic (exact) mass is 445 g/mol. The van der Waals surface area contributed by atoms with Crippen LogP contribution in [-0.2, 0) is 11.3 Å². The normalized spacial score (nSPS) is 11.7. The summed E-state index contributed by atoms with van der Waals surface area (Å²) < 4.78 is 17.1. The molecule has 1 N–H and O–H groups in total. The summed E-state index contributed by atoms with van der Waals surface area (Å²) in [7, 11) is 1.58. The lowest BCUT2D eigenvalue weighted by Gasteiger charge is -2.17. The van der Waals surface area contributed by atoms with Gasteiger partial charge in [0.25, 0.3) is 5.91 Å². The van der Waals surface area contributed by atoms with Crippen LogP contribution >= 0.6 is 15.9 Å². The number of methoxy groups -OCH3 is 1. The number of carbonyl (C=O) groups is 1. The second-order valence-corrected chi connectivity index (χ2v) is 6.85. The molecule has 146 valence electrons. The summed E-state index contributed by atoms with van der Waals surface area (Å²) >= 11 is 3.41. The van der Waals surface area contributed by atoms with Crippen LogP contribution in [0.15, 0.2) is 57.5 Å². The van der Waals surface area contributed by atoms with Crippen molar-refractivity contribution < 1.29 is 18.8 Å². The average Bonchev–Trinajstić information content (AvgIpc) is 3.19. The van der Waals surface area contributed by atoms with E-state index in [4.69, 9.17) is 14.0 Å². The van der Waals surface area contributed by atoms with Gasteiger partial charge >= 0.3 is 0 Å². The van der Waals surface area contributed by atoms with Crippen LogP contribution in [0.5, 0.6) is 11.5 Å². The summed E-state index contributed by atoms with van der Waals surface area (Å²) in [5.74, 6) is 1.76. The lowest BCUT2D eigenvalue weighted by Crippen LogP contribution is -2.37. The number of carbonyl (C=O) groups excluding carboxylic acids is 1. The molecular weight excluding hydrogens is 426 g/mol. The van der Waals surface area contributed by atoms with Crippen LogP contribution in [0.1, 0.15) is 19.2 Å². The number of aromatic nitrogens is 2. The standard InChI is InChI=1S/C20H20BrN3O4/c1-3-17(27-16-9-5-8-15(11-16)26-2)20(25)22-12-18-23-19(24-28-18)13-6-4-7-14(21)10-13/h4-11,17H,3,12H2,1-2H3,(H,22,25)/t17-/m0/s1. The highest BCUT2D eigenvalue weighted by atomic mass is 79.9. The number of nitrogens with zero attached hydrogens (tertiary/aromatic N) is 2. The number of nitrogens with one attached hydrogen (secondary N) is 1. The van der Waals surface area contributed by atoms with Crippen molar-refractivity contribution in [1.82, 2.24) is 15.5 Å². The van der Waals surface area contributed by atoms with E-state index in [0.717, 1.165) is 10.0 Å². The second-order valence-electron chi connectivity index (χ2n) is 5.93. The van der Waals surface area contributed by atoms with Crippen LogP contribution in [0.2, 0.25) is 0 Å². The molecule has 3 aromatic rings. The van der Waals surface area contributed by atoms with E-state index in [1.165, 1.54) is 0 Å². The molecule has 0 unspecified atom stereocenters. The van der Waals surface area contributed by atoms with Crippen molar-refractivity contribution in [3.63, 3.8) is 0 Å². The van der Waals surface area contributed by atoms with Gasteiger partial charge in [0.1, 0.15) is 11.5 Å². The molecule has 0 saturated heterocycles. The Balaban J connectivity index is 1.59. The number of hydrogen-bond donors (Lipinski definition) is 1. The third-order valence-corrected chi connectivity index (χ3v) is 4.44. The Morgan fingerprint density at radius 1 is 1.21 bits per heavy atom.